The molecule has 3 heteroatoms. The van der Waals surface area contributed by atoms with Crippen molar-refractivity contribution in [1.29, 1.82) is 0 Å². The van der Waals surface area contributed by atoms with E-state index in [1.807, 2.05) is 0 Å². The Morgan fingerprint density at radius 2 is 1.12 bits per heavy atom. The molecule has 0 saturated carbocycles. The number of fused-ring (bicyclic) bond motifs is 3. The van der Waals surface area contributed by atoms with Gasteiger partial charge in [0, 0.05) is 0 Å². The van der Waals surface area contributed by atoms with Crippen molar-refractivity contribution >= 4 is 38.8 Å². The van der Waals surface area contributed by atoms with Crippen LogP contribution in [-0.2, 0) is 35.5 Å². The molecule has 0 spiro atoms. The van der Waals surface area contributed by atoms with Crippen LogP contribution in [0, 0.1) is 11.3 Å². The third-order valence-electron chi connectivity index (χ3n) is 11.3. The number of halogens is 2. The first-order valence-electron chi connectivity index (χ1n) is 17.4. The fourth-order valence-corrected chi connectivity index (χ4v) is 24.7. The van der Waals surface area contributed by atoms with E-state index in [1.54, 1.807) is 3.28 Å². The predicted octanol–water partition coefficient (Wildman–Crippen LogP) is 11.0. The maximum absolute atomic E-state index is 5.84. The fourth-order valence-electron chi connectivity index (χ4n) is 8.32. The SMILES string of the molecule is Cl.Cl.[CH2]=[Zr]([C]1=CC(C(C)(C)C)=CC1CC)([c]1ccc(C(C)(C)C)cc1)([c]1ccc(C(C)(C)C)cc1)[c]1cccc2c1Cc1ccccc1-2. The van der Waals surface area contributed by atoms with Crippen molar-refractivity contribution in [3.8, 4) is 11.1 Å². The molecule has 2 aliphatic rings. The van der Waals surface area contributed by atoms with Gasteiger partial charge in [-0.25, -0.2) is 0 Å². The first-order valence-corrected chi connectivity index (χ1v) is 24.0. The van der Waals surface area contributed by atoms with Crippen molar-refractivity contribution in [1.82, 2.24) is 0 Å². The molecule has 0 amide bonds. The third-order valence-corrected chi connectivity index (χ3v) is 27.6. The van der Waals surface area contributed by atoms with E-state index in [1.165, 1.54) is 48.8 Å². The molecule has 0 aromatic heterocycles. The first-order chi connectivity index (χ1) is 21.5. The van der Waals surface area contributed by atoms with Gasteiger partial charge in [-0.1, -0.05) is 0 Å². The standard InChI is InChI=1S/C13H9.C11H17.2C10H13.CH2.2ClH.Zr/c1-3-7-12-10(5-1)9-11-6-2-4-8-13(11)12;1-5-9-6-7-10(8-9)11(2,3)4;2*1-10(2,3)9-7-5-4-6-8-9;;;;/h1-5,7-8H,9H2;7-9H,5H2,1-4H3;2*5-8H,1-3H3;1H2;2*1H;. The minimum absolute atomic E-state index is 0. The molecule has 6 rings (SSSR count). The van der Waals surface area contributed by atoms with Gasteiger partial charge in [-0.3, -0.25) is 0 Å². The van der Waals surface area contributed by atoms with Crippen LogP contribution < -0.4 is 9.81 Å². The van der Waals surface area contributed by atoms with Crippen LogP contribution in [0.3, 0.4) is 0 Å². The van der Waals surface area contributed by atoms with Crippen molar-refractivity contribution in [3.63, 3.8) is 0 Å². The summed E-state index contributed by atoms with van der Waals surface area (Å²) in [5, 5.41) is 0. The van der Waals surface area contributed by atoms with Gasteiger partial charge in [-0.15, -0.1) is 24.8 Å². The zero-order valence-corrected chi connectivity index (χ0v) is 34.9. The number of hydrogen-bond donors (Lipinski definition) is 0. The molecule has 0 radical (unpaired) electrons. The predicted molar refractivity (Wildman–Crippen MR) is 215 cm³/mol. The second-order valence-corrected chi connectivity index (χ2v) is 30.0. The van der Waals surface area contributed by atoms with Crippen LogP contribution in [0.15, 0.2) is 112 Å². The topological polar surface area (TPSA) is 0 Å². The zero-order chi connectivity index (χ0) is 33.3. The molecule has 4 aromatic rings. The summed E-state index contributed by atoms with van der Waals surface area (Å²) in [5.74, 6) is 0.349. The monoisotopic (exact) mass is 756 g/mol. The Morgan fingerprint density at radius 1 is 0.625 bits per heavy atom. The van der Waals surface area contributed by atoms with Crippen LogP contribution in [0.5, 0.6) is 0 Å². The molecule has 0 N–H and O–H groups in total. The van der Waals surface area contributed by atoms with Crippen molar-refractivity contribution in [2.24, 2.45) is 11.3 Å². The Kier molecular flexibility index (Phi) is 10.5. The Hall–Kier alpha value is -2.31. The van der Waals surface area contributed by atoms with Crippen LogP contribution in [0.4, 0.5) is 0 Å². The summed E-state index contributed by atoms with van der Waals surface area (Å²) in [6, 6.07) is 35.8. The van der Waals surface area contributed by atoms with Crippen molar-refractivity contribution in [2.45, 2.75) is 92.9 Å². The van der Waals surface area contributed by atoms with E-state index < -0.39 is 18.3 Å². The molecule has 0 heterocycles. The van der Waals surface area contributed by atoms with E-state index in [0.29, 0.717) is 5.92 Å². The minimum atomic E-state index is -4.94. The summed E-state index contributed by atoms with van der Waals surface area (Å²) in [4.78, 5) is 0. The number of hydrogen-bond acceptors (Lipinski definition) is 0. The summed E-state index contributed by atoms with van der Waals surface area (Å²) in [7, 11) is 0. The van der Waals surface area contributed by atoms with E-state index >= 15 is 0 Å². The number of benzene rings is 4. The van der Waals surface area contributed by atoms with Crippen LogP contribution in [0.1, 0.15) is 97.9 Å². The summed E-state index contributed by atoms with van der Waals surface area (Å²) < 4.78 is 11.8. The van der Waals surface area contributed by atoms with Crippen molar-refractivity contribution in [3.05, 3.63) is 134 Å². The van der Waals surface area contributed by atoms with E-state index in [-0.39, 0.29) is 41.1 Å². The van der Waals surface area contributed by atoms with E-state index in [4.69, 9.17) is 4.21 Å². The normalized spacial score (nSPS) is 16.3. The Balaban J connectivity index is 0.00000260. The van der Waals surface area contributed by atoms with Crippen LogP contribution in [0.2, 0.25) is 0 Å². The van der Waals surface area contributed by atoms with Gasteiger partial charge in [0.25, 0.3) is 0 Å². The van der Waals surface area contributed by atoms with Crippen LogP contribution in [-0.4, -0.2) is 4.21 Å². The van der Waals surface area contributed by atoms with Gasteiger partial charge in [-0.2, -0.15) is 0 Å². The molecule has 0 bridgehead atoms. The molecule has 0 nitrogen and oxygen atoms in total. The summed E-state index contributed by atoms with van der Waals surface area (Å²) in [6.07, 6.45) is 7.26. The maximum atomic E-state index is 5.84. The van der Waals surface area contributed by atoms with E-state index in [0.717, 1.165) is 12.8 Å². The summed E-state index contributed by atoms with van der Waals surface area (Å²) >= 11 is -4.94. The molecule has 254 valence electrons. The van der Waals surface area contributed by atoms with Crippen LogP contribution >= 0.6 is 24.8 Å². The molecule has 4 aromatic carbocycles. The third kappa shape index (κ3) is 6.05. The first kappa shape index (κ1) is 38.5. The molecule has 2 aliphatic carbocycles. The fraction of sp³-hybridized carbons (Fsp3) is 0.356. The Morgan fingerprint density at radius 3 is 1.60 bits per heavy atom. The average Bonchev–Trinajstić information content (AvgIpc) is 3.63. The van der Waals surface area contributed by atoms with Gasteiger partial charge < -0.3 is 0 Å². The van der Waals surface area contributed by atoms with E-state index in [2.05, 4.69) is 172 Å². The summed E-state index contributed by atoms with van der Waals surface area (Å²) in [6.45, 7) is 23.4. The van der Waals surface area contributed by atoms with Gasteiger partial charge >= 0.3 is 282 Å². The second kappa shape index (κ2) is 13.1. The zero-order valence-electron chi connectivity index (χ0n) is 30.8. The van der Waals surface area contributed by atoms with Gasteiger partial charge in [-0.05, 0) is 0 Å². The van der Waals surface area contributed by atoms with E-state index in [9.17, 15) is 0 Å². The van der Waals surface area contributed by atoms with Crippen LogP contribution in [0.25, 0.3) is 11.1 Å². The van der Waals surface area contributed by atoms with Gasteiger partial charge in [0.15, 0.2) is 0 Å². The second-order valence-electron chi connectivity index (χ2n) is 17.3. The Labute approximate surface area is 304 Å². The quantitative estimate of drug-likeness (QED) is 0.167. The number of rotatable bonds is 5. The summed E-state index contributed by atoms with van der Waals surface area (Å²) in [5.41, 5.74) is 10.1. The van der Waals surface area contributed by atoms with Gasteiger partial charge in [0.1, 0.15) is 0 Å². The molecule has 48 heavy (non-hydrogen) atoms. The van der Waals surface area contributed by atoms with Crippen molar-refractivity contribution in [2.75, 3.05) is 0 Å². The number of allylic oxidation sites excluding steroid dienone is 4. The molecule has 0 fully saturated rings. The average molecular weight is 759 g/mol. The van der Waals surface area contributed by atoms with Gasteiger partial charge in [0.2, 0.25) is 0 Å². The molecular formula is C45H56Cl2Zr. The molecule has 1 atom stereocenters. The molecule has 0 saturated heterocycles. The molecule has 1 unspecified atom stereocenters. The van der Waals surface area contributed by atoms with Gasteiger partial charge in [0.05, 0.1) is 0 Å². The molecule has 0 aliphatic heterocycles. The molecular weight excluding hydrogens is 703 g/mol. The Bertz CT molecular complexity index is 1870. The van der Waals surface area contributed by atoms with Crippen molar-refractivity contribution < 1.29 is 18.3 Å².